The molecule has 3 N–H and O–H groups in total. The van der Waals surface area contributed by atoms with Gasteiger partial charge in [0, 0.05) is 12.6 Å². The molecule has 0 amide bonds. The zero-order valence-electron chi connectivity index (χ0n) is 10.4. The van der Waals surface area contributed by atoms with E-state index in [-0.39, 0.29) is 5.92 Å². The maximum absolute atomic E-state index is 10.5. The zero-order chi connectivity index (χ0) is 11.5. The Labute approximate surface area is 93.6 Å². The molecular weight excluding hydrogens is 188 g/mol. The van der Waals surface area contributed by atoms with Crippen LogP contribution in [0, 0.1) is 5.92 Å². The fraction of sp³-hybridized carbons (Fsp3) is 1.00. The Kier molecular flexibility index (Phi) is 4.56. The summed E-state index contributed by atoms with van der Waals surface area (Å²) in [5.74, 6) is 0.213. The first-order valence-electron chi connectivity index (χ1n) is 6.16. The summed E-state index contributed by atoms with van der Waals surface area (Å²) in [5, 5.41) is 10.5. The highest BCUT2D eigenvalue weighted by molar-refractivity contribution is 4.88. The lowest BCUT2D eigenvalue weighted by Gasteiger charge is -2.33. The van der Waals surface area contributed by atoms with Gasteiger partial charge in [0.1, 0.15) is 0 Å². The molecule has 1 heterocycles. The fourth-order valence-corrected chi connectivity index (χ4v) is 2.39. The molecule has 3 heteroatoms. The Balaban J connectivity index is 2.58. The summed E-state index contributed by atoms with van der Waals surface area (Å²) in [6.07, 6.45) is 2.84. The molecule has 0 bridgehead atoms. The van der Waals surface area contributed by atoms with Crippen molar-refractivity contribution in [3.8, 4) is 0 Å². The molecule has 1 fully saturated rings. The molecule has 0 radical (unpaired) electrons. The summed E-state index contributed by atoms with van der Waals surface area (Å²) < 4.78 is 0. The molecule has 2 unspecified atom stereocenters. The topological polar surface area (TPSA) is 49.5 Å². The molecule has 15 heavy (non-hydrogen) atoms. The third-order valence-corrected chi connectivity index (χ3v) is 3.89. The van der Waals surface area contributed by atoms with E-state index in [0.717, 1.165) is 32.4 Å². The lowest BCUT2D eigenvalue weighted by molar-refractivity contribution is -0.0219. The van der Waals surface area contributed by atoms with Gasteiger partial charge in [-0.05, 0) is 52.1 Å². The third kappa shape index (κ3) is 3.16. The first-order valence-corrected chi connectivity index (χ1v) is 6.16. The second-order valence-electron chi connectivity index (χ2n) is 5.22. The van der Waals surface area contributed by atoms with Gasteiger partial charge >= 0.3 is 0 Å². The van der Waals surface area contributed by atoms with E-state index in [1.165, 1.54) is 0 Å². The van der Waals surface area contributed by atoms with Crippen molar-refractivity contribution in [3.05, 3.63) is 0 Å². The van der Waals surface area contributed by atoms with Crippen molar-refractivity contribution in [2.75, 3.05) is 19.6 Å². The molecule has 2 atom stereocenters. The van der Waals surface area contributed by atoms with Gasteiger partial charge in [0.05, 0.1) is 5.60 Å². The van der Waals surface area contributed by atoms with E-state index < -0.39 is 5.60 Å². The molecular formula is C12H26N2O. The van der Waals surface area contributed by atoms with E-state index >= 15 is 0 Å². The first-order chi connectivity index (χ1) is 6.99. The van der Waals surface area contributed by atoms with Gasteiger partial charge in [-0.15, -0.1) is 0 Å². The number of hydrogen-bond donors (Lipinski definition) is 2. The van der Waals surface area contributed by atoms with Crippen molar-refractivity contribution < 1.29 is 5.11 Å². The molecule has 0 aromatic rings. The molecule has 1 rings (SSSR count). The molecule has 1 aliphatic heterocycles. The van der Waals surface area contributed by atoms with Crippen LogP contribution in [0.25, 0.3) is 0 Å². The normalized spacial score (nSPS) is 31.6. The SMILES string of the molecule is CC(C)N1CCCC(O)(C(C)CN)CC1. The summed E-state index contributed by atoms with van der Waals surface area (Å²) in [5.41, 5.74) is 5.13. The largest absolute Gasteiger partial charge is 0.390 e. The highest BCUT2D eigenvalue weighted by Gasteiger charge is 2.34. The van der Waals surface area contributed by atoms with Gasteiger partial charge in [0.25, 0.3) is 0 Å². The monoisotopic (exact) mass is 214 g/mol. The minimum atomic E-state index is -0.529. The Bertz CT molecular complexity index is 196. The summed E-state index contributed by atoms with van der Waals surface area (Å²) in [4.78, 5) is 2.45. The van der Waals surface area contributed by atoms with Gasteiger partial charge in [-0.1, -0.05) is 6.92 Å². The Hall–Kier alpha value is -0.120. The van der Waals surface area contributed by atoms with Crippen molar-refractivity contribution in [1.29, 1.82) is 0 Å². The number of rotatable bonds is 3. The van der Waals surface area contributed by atoms with Crippen LogP contribution < -0.4 is 5.73 Å². The summed E-state index contributed by atoms with van der Waals surface area (Å²) in [6.45, 7) is 9.19. The zero-order valence-corrected chi connectivity index (χ0v) is 10.4. The van der Waals surface area contributed by atoms with Crippen LogP contribution in [-0.4, -0.2) is 41.3 Å². The highest BCUT2D eigenvalue weighted by atomic mass is 16.3. The number of aliphatic hydroxyl groups is 1. The van der Waals surface area contributed by atoms with Crippen LogP contribution in [0.4, 0.5) is 0 Å². The van der Waals surface area contributed by atoms with Crippen molar-refractivity contribution >= 4 is 0 Å². The first kappa shape index (κ1) is 12.9. The van der Waals surface area contributed by atoms with E-state index in [9.17, 15) is 5.11 Å². The van der Waals surface area contributed by atoms with Gasteiger partial charge < -0.3 is 15.7 Å². The predicted molar refractivity (Wildman–Crippen MR) is 63.7 cm³/mol. The lowest BCUT2D eigenvalue weighted by Crippen LogP contribution is -2.41. The maximum Gasteiger partial charge on any atom is 0.0697 e. The van der Waals surface area contributed by atoms with Crippen molar-refractivity contribution in [2.24, 2.45) is 11.7 Å². The minimum Gasteiger partial charge on any atom is -0.390 e. The molecule has 0 aromatic heterocycles. The van der Waals surface area contributed by atoms with Crippen LogP contribution in [0.15, 0.2) is 0 Å². The van der Waals surface area contributed by atoms with Crippen LogP contribution in [0.2, 0.25) is 0 Å². The second-order valence-corrected chi connectivity index (χ2v) is 5.22. The lowest BCUT2D eigenvalue weighted by atomic mass is 9.82. The quantitative estimate of drug-likeness (QED) is 0.742. The van der Waals surface area contributed by atoms with Crippen LogP contribution >= 0.6 is 0 Å². The van der Waals surface area contributed by atoms with Crippen LogP contribution in [0.5, 0.6) is 0 Å². The van der Waals surface area contributed by atoms with E-state index in [0.29, 0.717) is 12.6 Å². The van der Waals surface area contributed by atoms with Gasteiger partial charge in [-0.25, -0.2) is 0 Å². The molecule has 90 valence electrons. The Morgan fingerprint density at radius 1 is 1.27 bits per heavy atom. The number of likely N-dealkylation sites (tertiary alicyclic amines) is 1. The van der Waals surface area contributed by atoms with Gasteiger partial charge in [0.2, 0.25) is 0 Å². The van der Waals surface area contributed by atoms with Gasteiger partial charge in [-0.2, -0.15) is 0 Å². The summed E-state index contributed by atoms with van der Waals surface area (Å²) in [6, 6.07) is 0.584. The third-order valence-electron chi connectivity index (χ3n) is 3.89. The molecule has 0 spiro atoms. The maximum atomic E-state index is 10.5. The van der Waals surface area contributed by atoms with Crippen LogP contribution in [0.3, 0.4) is 0 Å². The smallest absolute Gasteiger partial charge is 0.0697 e. The summed E-state index contributed by atoms with van der Waals surface area (Å²) in [7, 11) is 0. The van der Waals surface area contributed by atoms with E-state index in [4.69, 9.17) is 5.73 Å². The van der Waals surface area contributed by atoms with Crippen molar-refractivity contribution in [1.82, 2.24) is 4.90 Å². The molecule has 0 aliphatic carbocycles. The van der Waals surface area contributed by atoms with E-state index in [2.05, 4.69) is 25.7 Å². The fourth-order valence-electron chi connectivity index (χ4n) is 2.39. The van der Waals surface area contributed by atoms with Crippen LogP contribution in [0.1, 0.15) is 40.0 Å². The predicted octanol–water partition coefficient (Wildman–Crippen LogP) is 1.21. The molecule has 0 aromatic carbocycles. The average Bonchev–Trinajstić information content (AvgIpc) is 2.40. The average molecular weight is 214 g/mol. The van der Waals surface area contributed by atoms with E-state index in [1.807, 2.05) is 0 Å². The standard InChI is InChI=1S/C12H26N2O/c1-10(2)14-7-4-5-12(15,6-8-14)11(3)9-13/h10-11,15H,4-9,13H2,1-3H3. The second kappa shape index (κ2) is 5.28. The Morgan fingerprint density at radius 2 is 1.93 bits per heavy atom. The molecule has 1 aliphatic rings. The number of nitrogens with zero attached hydrogens (tertiary/aromatic N) is 1. The molecule has 0 saturated carbocycles. The van der Waals surface area contributed by atoms with E-state index in [1.54, 1.807) is 0 Å². The van der Waals surface area contributed by atoms with Gasteiger partial charge in [-0.3, -0.25) is 0 Å². The molecule has 3 nitrogen and oxygen atoms in total. The number of nitrogens with two attached hydrogens (primary N) is 1. The molecule has 1 saturated heterocycles. The Morgan fingerprint density at radius 3 is 2.47 bits per heavy atom. The minimum absolute atomic E-state index is 0.213. The van der Waals surface area contributed by atoms with Crippen molar-refractivity contribution in [2.45, 2.75) is 51.7 Å². The van der Waals surface area contributed by atoms with Crippen molar-refractivity contribution in [3.63, 3.8) is 0 Å². The number of hydrogen-bond acceptors (Lipinski definition) is 3. The van der Waals surface area contributed by atoms with Crippen LogP contribution in [-0.2, 0) is 0 Å². The highest BCUT2D eigenvalue weighted by Crippen LogP contribution is 2.29. The summed E-state index contributed by atoms with van der Waals surface area (Å²) >= 11 is 0. The van der Waals surface area contributed by atoms with Gasteiger partial charge in [0.15, 0.2) is 0 Å².